The Hall–Kier alpha value is -3.14. The highest BCUT2D eigenvalue weighted by Crippen LogP contribution is 2.24. The second-order valence-electron chi connectivity index (χ2n) is 7.10. The number of nitrogens with one attached hydrogen (secondary N) is 2. The monoisotopic (exact) mass is 469 g/mol. The molecule has 0 aliphatic carbocycles. The molecule has 1 amide bonds. The van der Waals surface area contributed by atoms with Crippen molar-refractivity contribution in [2.45, 2.75) is 17.7 Å². The summed E-state index contributed by atoms with van der Waals surface area (Å²) >= 11 is 1.66. The van der Waals surface area contributed by atoms with Gasteiger partial charge in [-0.2, -0.15) is 0 Å². The molecule has 0 atom stereocenters. The number of rotatable bonds is 8. The van der Waals surface area contributed by atoms with Crippen molar-refractivity contribution in [1.82, 2.24) is 9.71 Å². The number of hydrogen-bond acceptors (Lipinski definition) is 5. The number of anilines is 1. The van der Waals surface area contributed by atoms with Crippen LogP contribution in [0.25, 0.3) is 10.2 Å². The second-order valence-corrected chi connectivity index (χ2v) is 9.98. The molecule has 0 fully saturated rings. The highest BCUT2D eigenvalue weighted by atomic mass is 32.2. The third kappa shape index (κ3) is 5.56. The van der Waals surface area contributed by atoms with Crippen molar-refractivity contribution in [3.8, 4) is 0 Å². The minimum atomic E-state index is -3.79. The molecule has 6 nitrogen and oxygen atoms in total. The van der Waals surface area contributed by atoms with Crippen LogP contribution in [-0.4, -0.2) is 25.9 Å². The van der Waals surface area contributed by atoms with E-state index < -0.39 is 15.8 Å². The van der Waals surface area contributed by atoms with Crippen LogP contribution in [0.2, 0.25) is 0 Å². The summed E-state index contributed by atoms with van der Waals surface area (Å²) in [4.78, 5) is 16.7. The molecule has 0 bridgehead atoms. The fraction of sp³-hybridized carbons (Fsp3) is 0.130. The normalized spacial score (nSPS) is 11.5. The zero-order chi connectivity index (χ0) is 22.6. The Morgan fingerprint density at radius 2 is 1.69 bits per heavy atom. The number of sulfonamides is 1. The van der Waals surface area contributed by atoms with Gasteiger partial charge in [-0.25, -0.2) is 22.5 Å². The van der Waals surface area contributed by atoms with E-state index in [1.165, 1.54) is 12.1 Å². The maximum atomic E-state index is 12.9. The van der Waals surface area contributed by atoms with Gasteiger partial charge in [-0.1, -0.05) is 24.3 Å². The van der Waals surface area contributed by atoms with Gasteiger partial charge in [-0.15, -0.1) is 11.3 Å². The van der Waals surface area contributed by atoms with E-state index in [9.17, 15) is 17.6 Å². The molecular formula is C23H20FN3O3S2. The van der Waals surface area contributed by atoms with E-state index in [4.69, 9.17) is 0 Å². The average molecular weight is 470 g/mol. The first-order valence-corrected chi connectivity index (χ1v) is 12.2. The molecule has 0 unspecified atom stereocenters. The molecule has 0 aliphatic heterocycles. The molecule has 0 saturated heterocycles. The van der Waals surface area contributed by atoms with Crippen molar-refractivity contribution in [1.29, 1.82) is 0 Å². The van der Waals surface area contributed by atoms with Gasteiger partial charge in [0.2, 0.25) is 15.9 Å². The highest BCUT2D eigenvalue weighted by molar-refractivity contribution is 7.89. The van der Waals surface area contributed by atoms with Gasteiger partial charge >= 0.3 is 0 Å². The topological polar surface area (TPSA) is 88.2 Å². The summed E-state index contributed by atoms with van der Waals surface area (Å²) < 4.78 is 40.8. The van der Waals surface area contributed by atoms with Crippen LogP contribution in [0, 0.1) is 5.82 Å². The van der Waals surface area contributed by atoms with E-state index in [1.807, 2.05) is 42.5 Å². The molecule has 0 aliphatic rings. The Labute approximate surface area is 189 Å². The Morgan fingerprint density at radius 1 is 0.969 bits per heavy atom. The Bertz CT molecular complexity index is 1300. The van der Waals surface area contributed by atoms with Crippen LogP contribution in [0.3, 0.4) is 0 Å². The SMILES string of the molecule is O=C(CCNS(=O)(=O)c1ccc(F)cc1)Nc1ccc(Cc2nc3ccccc3s2)cc1. The predicted molar refractivity (Wildman–Crippen MR) is 124 cm³/mol. The van der Waals surface area contributed by atoms with Crippen molar-refractivity contribution < 1.29 is 17.6 Å². The molecule has 2 N–H and O–H groups in total. The highest BCUT2D eigenvalue weighted by Gasteiger charge is 2.14. The zero-order valence-corrected chi connectivity index (χ0v) is 18.5. The van der Waals surface area contributed by atoms with Crippen molar-refractivity contribution in [2.75, 3.05) is 11.9 Å². The van der Waals surface area contributed by atoms with Gasteiger partial charge in [0.05, 0.1) is 20.1 Å². The van der Waals surface area contributed by atoms with Gasteiger partial charge in [-0.3, -0.25) is 4.79 Å². The molecule has 1 heterocycles. The van der Waals surface area contributed by atoms with Crippen molar-refractivity contribution >= 4 is 43.2 Å². The molecule has 32 heavy (non-hydrogen) atoms. The van der Waals surface area contributed by atoms with E-state index in [-0.39, 0.29) is 23.8 Å². The minimum Gasteiger partial charge on any atom is -0.326 e. The van der Waals surface area contributed by atoms with E-state index in [2.05, 4.69) is 21.1 Å². The van der Waals surface area contributed by atoms with E-state index in [0.29, 0.717) is 12.1 Å². The molecule has 9 heteroatoms. The predicted octanol–water partition coefficient (Wildman–Crippen LogP) is 4.33. The number of hydrogen-bond donors (Lipinski definition) is 2. The molecule has 0 radical (unpaired) electrons. The van der Waals surface area contributed by atoms with Crippen molar-refractivity contribution in [3.05, 3.63) is 89.2 Å². The minimum absolute atomic E-state index is 0.0338. The van der Waals surface area contributed by atoms with Crippen LogP contribution >= 0.6 is 11.3 Å². The quantitative estimate of drug-likeness (QED) is 0.402. The molecule has 164 valence electrons. The molecule has 4 aromatic rings. The fourth-order valence-corrected chi connectivity index (χ4v) is 5.13. The van der Waals surface area contributed by atoms with Gasteiger partial charge in [-0.05, 0) is 54.1 Å². The van der Waals surface area contributed by atoms with Crippen molar-refractivity contribution in [2.24, 2.45) is 0 Å². The van der Waals surface area contributed by atoms with Crippen LogP contribution < -0.4 is 10.0 Å². The van der Waals surface area contributed by atoms with Gasteiger partial charge in [0, 0.05) is 25.1 Å². The lowest BCUT2D eigenvalue weighted by atomic mass is 10.1. The number of benzene rings is 3. The summed E-state index contributed by atoms with van der Waals surface area (Å²) in [6.07, 6.45) is 0.673. The summed E-state index contributed by atoms with van der Waals surface area (Å²) in [6, 6.07) is 20.0. The first-order valence-electron chi connectivity index (χ1n) is 9.87. The first-order chi connectivity index (χ1) is 15.4. The fourth-order valence-electron chi connectivity index (χ4n) is 3.10. The number of nitrogens with zero attached hydrogens (tertiary/aromatic N) is 1. The number of fused-ring (bicyclic) bond motifs is 1. The molecule has 3 aromatic carbocycles. The number of carbonyl (C=O) groups is 1. The van der Waals surface area contributed by atoms with Gasteiger partial charge in [0.25, 0.3) is 0 Å². The Kier molecular flexibility index (Phi) is 6.59. The lowest BCUT2D eigenvalue weighted by Gasteiger charge is -2.08. The van der Waals surface area contributed by atoms with E-state index in [0.717, 1.165) is 32.9 Å². The number of para-hydroxylation sites is 1. The van der Waals surface area contributed by atoms with Crippen LogP contribution in [0.5, 0.6) is 0 Å². The summed E-state index contributed by atoms with van der Waals surface area (Å²) in [7, 11) is -3.79. The maximum Gasteiger partial charge on any atom is 0.240 e. The van der Waals surface area contributed by atoms with E-state index >= 15 is 0 Å². The summed E-state index contributed by atoms with van der Waals surface area (Å²) in [5, 5.41) is 3.78. The van der Waals surface area contributed by atoms with Crippen LogP contribution in [0.15, 0.2) is 77.7 Å². The number of thiazole rings is 1. The van der Waals surface area contributed by atoms with Gasteiger partial charge in [0.1, 0.15) is 5.82 Å². The molecule has 4 rings (SSSR count). The molecule has 0 saturated carbocycles. The number of aromatic nitrogens is 1. The van der Waals surface area contributed by atoms with Crippen LogP contribution in [0.1, 0.15) is 17.0 Å². The lowest BCUT2D eigenvalue weighted by Crippen LogP contribution is -2.27. The first kappa shape index (κ1) is 22.1. The standard InChI is InChI=1S/C23H20FN3O3S2/c24-17-7-11-19(12-8-17)32(29,30)25-14-13-22(28)26-18-9-5-16(6-10-18)15-23-27-20-3-1-2-4-21(20)31-23/h1-12,25H,13-15H2,(H,26,28). The maximum absolute atomic E-state index is 12.9. The summed E-state index contributed by atoms with van der Waals surface area (Å²) in [5.74, 6) is -0.833. The average Bonchev–Trinajstić information content (AvgIpc) is 3.17. The number of halogens is 1. The van der Waals surface area contributed by atoms with Gasteiger partial charge in [0.15, 0.2) is 0 Å². The van der Waals surface area contributed by atoms with Gasteiger partial charge < -0.3 is 5.32 Å². The molecule has 0 spiro atoms. The van der Waals surface area contributed by atoms with Crippen molar-refractivity contribution in [3.63, 3.8) is 0 Å². The van der Waals surface area contributed by atoms with Crippen LogP contribution in [0.4, 0.5) is 10.1 Å². The summed E-state index contributed by atoms with van der Waals surface area (Å²) in [5.41, 5.74) is 2.70. The third-order valence-electron chi connectivity index (χ3n) is 4.70. The molecular weight excluding hydrogens is 449 g/mol. The number of carbonyl (C=O) groups excluding carboxylic acids is 1. The Balaban J connectivity index is 1.27. The summed E-state index contributed by atoms with van der Waals surface area (Å²) in [6.45, 7) is -0.0682. The van der Waals surface area contributed by atoms with Crippen LogP contribution in [-0.2, 0) is 21.2 Å². The second kappa shape index (κ2) is 9.56. The number of amides is 1. The zero-order valence-electron chi connectivity index (χ0n) is 16.9. The smallest absolute Gasteiger partial charge is 0.240 e. The molecule has 1 aromatic heterocycles. The van der Waals surface area contributed by atoms with E-state index in [1.54, 1.807) is 11.3 Å². The third-order valence-corrected chi connectivity index (χ3v) is 7.21. The Morgan fingerprint density at radius 3 is 2.41 bits per heavy atom. The largest absolute Gasteiger partial charge is 0.326 e. The lowest BCUT2D eigenvalue weighted by molar-refractivity contribution is -0.116.